The van der Waals surface area contributed by atoms with E-state index in [1.54, 1.807) is 24.3 Å². The molecule has 3 rings (SSSR count). The topological polar surface area (TPSA) is 59.8 Å². The zero-order valence-corrected chi connectivity index (χ0v) is 16.2. The first-order valence-electron chi connectivity index (χ1n) is 8.21. The minimum absolute atomic E-state index is 0.0661. The average Bonchev–Trinajstić information content (AvgIpc) is 3.13. The third kappa shape index (κ3) is 5.27. The molecule has 1 heterocycles. The molecule has 0 saturated heterocycles. The van der Waals surface area contributed by atoms with E-state index in [1.165, 1.54) is 11.8 Å². The third-order valence-corrected chi connectivity index (χ3v) is 4.96. The van der Waals surface area contributed by atoms with Crippen LogP contribution < -0.4 is 5.32 Å². The number of amides is 1. The molecular formula is C18H13ClF4N4OS. The van der Waals surface area contributed by atoms with Crippen LogP contribution in [-0.4, -0.2) is 33.2 Å². The summed E-state index contributed by atoms with van der Waals surface area (Å²) in [4.78, 5) is 13.2. The molecule has 152 valence electrons. The maximum atomic E-state index is 13.5. The molecule has 0 atom stereocenters. The highest BCUT2D eigenvalue weighted by atomic mass is 35.5. The molecule has 0 bridgehead atoms. The van der Waals surface area contributed by atoms with Gasteiger partial charge in [0, 0.05) is 22.2 Å². The molecule has 0 aliphatic rings. The Morgan fingerprint density at radius 2 is 1.76 bits per heavy atom. The third-order valence-electron chi connectivity index (χ3n) is 3.70. The minimum atomic E-state index is -4.89. The Kier molecular flexibility index (Phi) is 6.43. The van der Waals surface area contributed by atoms with Crippen molar-refractivity contribution in [2.45, 2.75) is 11.1 Å². The number of benzene rings is 2. The van der Waals surface area contributed by atoms with Gasteiger partial charge in [0.25, 0.3) is 5.91 Å². The Labute approximate surface area is 172 Å². The van der Waals surface area contributed by atoms with Gasteiger partial charge in [-0.3, -0.25) is 4.79 Å². The monoisotopic (exact) mass is 444 g/mol. The lowest BCUT2D eigenvalue weighted by atomic mass is 10.2. The molecule has 11 heteroatoms. The molecule has 2 aromatic carbocycles. The molecule has 1 N–H and O–H groups in total. The van der Waals surface area contributed by atoms with Crippen molar-refractivity contribution in [1.82, 2.24) is 20.3 Å². The highest BCUT2D eigenvalue weighted by molar-refractivity contribution is 7.99. The van der Waals surface area contributed by atoms with Crippen LogP contribution in [0.15, 0.2) is 53.4 Å². The number of hydrogen-bond donors (Lipinski definition) is 1. The second-order valence-electron chi connectivity index (χ2n) is 5.73. The van der Waals surface area contributed by atoms with E-state index >= 15 is 0 Å². The van der Waals surface area contributed by atoms with Crippen molar-refractivity contribution in [3.63, 3.8) is 0 Å². The van der Waals surface area contributed by atoms with Crippen molar-refractivity contribution in [1.29, 1.82) is 0 Å². The average molecular weight is 445 g/mol. The highest BCUT2D eigenvalue weighted by Gasteiger charge is 2.41. The molecule has 3 aromatic rings. The van der Waals surface area contributed by atoms with Gasteiger partial charge in [0.05, 0.1) is 5.69 Å². The van der Waals surface area contributed by atoms with Gasteiger partial charge in [0.2, 0.25) is 0 Å². The summed E-state index contributed by atoms with van der Waals surface area (Å²) in [5, 5.41) is 9.82. The Hall–Kier alpha value is -2.59. The largest absolute Gasteiger partial charge is 0.435 e. The normalized spacial score (nSPS) is 11.5. The van der Waals surface area contributed by atoms with E-state index < -0.39 is 29.3 Å². The lowest BCUT2D eigenvalue weighted by Crippen LogP contribution is -2.29. The first kappa shape index (κ1) is 21.1. The summed E-state index contributed by atoms with van der Waals surface area (Å²) in [7, 11) is 0. The molecule has 29 heavy (non-hydrogen) atoms. The van der Waals surface area contributed by atoms with E-state index in [-0.39, 0.29) is 12.2 Å². The van der Waals surface area contributed by atoms with Crippen LogP contribution in [0.5, 0.6) is 0 Å². The van der Waals surface area contributed by atoms with Crippen LogP contribution in [0.1, 0.15) is 16.2 Å². The maximum Gasteiger partial charge on any atom is 0.435 e. The molecule has 0 radical (unpaired) electrons. The molecule has 0 aliphatic carbocycles. The summed E-state index contributed by atoms with van der Waals surface area (Å²) in [6.45, 7) is 0.118. The van der Waals surface area contributed by atoms with Crippen molar-refractivity contribution in [2.24, 2.45) is 0 Å². The Balaban J connectivity index is 1.71. The number of thioether (sulfide) groups is 1. The number of alkyl halides is 3. The second kappa shape index (κ2) is 8.83. The fourth-order valence-electron chi connectivity index (χ4n) is 2.40. The van der Waals surface area contributed by atoms with Gasteiger partial charge < -0.3 is 5.32 Å². The van der Waals surface area contributed by atoms with E-state index in [2.05, 4.69) is 15.6 Å². The van der Waals surface area contributed by atoms with Gasteiger partial charge >= 0.3 is 6.18 Å². The molecule has 0 fully saturated rings. The summed E-state index contributed by atoms with van der Waals surface area (Å²) < 4.78 is 54.1. The Morgan fingerprint density at radius 3 is 2.38 bits per heavy atom. The number of rotatable bonds is 6. The maximum absolute atomic E-state index is 13.5. The molecule has 5 nitrogen and oxygen atoms in total. The van der Waals surface area contributed by atoms with Crippen molar-refractivity contribution < 1.29 is 22.4 Å². The van der Waals surface area contributed by atoms with Crippen LogP contribution in [0.4, 0.5) is 17.6 Å². The minimum Gasteiger partial charge on any atom is -0.350 e. The molecule has 1 aromatic heterocycles. The fraction of sp³-hybridized carbons (Fsp3) is 0.167. The summed E-state index contributed by atoms with van der Waals surface area (Å²) in [6, 6.07) is 11.2. The SMILES string of the molecule is O=C(NCCSc1ccc(Cl)cc1)c1nnn(-c2ccc(F)cc2)c1C(F)(F)F. The first-order valence-corrected chi connectivity index (χ1v) is 9.57. The summed E-state index contributed by atoms with van der Waals surface area (Å²) in [5.74, 6) is -1.18. The van der Waals surface area contributed by atoms with E-state index in [1.807, 2.05) is 0 Å². The van der Waals surface area contributed by atoms with Crippen molar-refractivity contribution >= 4 is 29.3 Å². The van der Waals surface area contributed by atoms with Gasteiger partial charge in [-0.1, -0.05) is 16.8 Å². The van der Waals surface area contributed by atoms with Crippen LogP contribution in [0.3, 0.4) is 0 Å². The lowest BCUT2D eigenvalue weighted by molar-refractivity contribution is -0.143. The predicted molar refractivity (Wildman–Crippen MR) is 101 cm³/mol. The van der Waals surface area contributed by atoms with Crippen LogP contribution in [0.2, 0.25) is 5.02 Å². The van der Waals surface area contributed by atoms with Crippen LogP contribution in [-0.2, 0) is 6.18 Å². The molecular weight excluding hydrogens is 432 g/mol. The Bertz CT molecular complexity index is 991. The number of carbonyl (C=O) groups is 1. The van der Waals surface area contributed by atoms with Gasteiger partial charge in [-0.05, 0) is 48.5 Å². The van der Waals surface area contributed by atoms with Gasteiger partial charge in [0.15, 0.2) is 11.4 Å². The molecule has 1 amide bonds. The summed E-state index contributed by atoms with van der Waals surface area (Å²) in [5.41, 5.74) is -2.24. The molecule has 0 saturated carbocycles. The zero-order valence-electron chi connectivity index (χ0n) is 14.6. The molecule has 0 spiro atoms. The van der Waals surface area contributed by atoms with Gasteiger partial charge in [-0.25, -0.2) is 9.07 Å². The smallest absolute Gasteiger partial charge is 0.350 e. The first-order chi connectivity index (χ1) is 13.8. The van der Waals surface area contributed by atoms with Crippen molar-refractivity contribution in [3.8, 4) is 5.69 Å². The van der Waals surface area contributed by atoms with E-state index in [0.29, 0.717) is 15.5 Å². The van der Waals surface area contributed by atoms with Crippen LogP contribution >= 0.6 is 23.4 Å². The van der Waals surface area contributed by atoms with Crippen LogP contribution in [0.25, 0.3) is 5.69 Å². The van der Waals surface area contributed by atoms with E-state index in [4.69, 9.17) is 11.6 Å². The fourth-order valence-corrected chi connectivity index (χ4v) is 3.29. The Morgan fingerprint density at radius 1 is 1.10 bits per heavy atom. The quantitative estimate of drug-likeness (QED) is 0.343. The van der Waals surface area contributed by atoms with Crippen molar-refractivity contribution in [2.75, 3.05) is 12.3 Å². The number of nitrogens with zero attached hydrogens (tertiary/aromatic N) is 3. The summed E-state index contributed by atoms with van der Waals surface area (Å²) in [6.07, 6.45) is -4.89. The standard InChI is InChI=1S/C18H13ClF4N4OS/c19-11-1-7-14(8-2-11)29-10-9-24-17(28)15-16(18(21,22)23)27(26-25-15)13-5-3-12(20)4-6-13/h1-8H,9-10H2,(H,24,28). The van der Waals surface area contributed by atoms with E-state index in [0.717, 1.165) is 29.2 Å². The number of nitrogens with one attached hydrogen (secondary N) is 1. The number of halogens is 5. The zero-order chi connectivity index (χ0) is 21.0. The molecule has 0 aliphatic heterocycles. The van der Waals surface area contributed by atoms with E-state index in [9.17, 15) is 22.4 Å². The number of hydrogen-bond acceptors (Lipinski definition) is 4. The van der Waals surface area contributed by atoms with Gasteiger partial charge in [0.1, 0.15) is 5.82 Å². The molecule has 0 unspecified atom stereocenters. The highest BCUT2D eigenvalue weighted by Crippen LogP contribution is 2.32. The predicted octanol–water partition coefficient (Wildman–Crippen LogP) is 4.60. The van der Waals surface area contributed by atoms with Crippen LogP contribution in [0, 0.1) is 5.82 Å². The second-order valence-corrected chi connectivity index (χ2v) is 7.34. The van der Waals surface area contributed by atoms with Gasteiger partial charge in [-0.2, -0.15) is 13.2 Å². The number of aromatic nitrogens is 3. The number of carbonyl (C=O) groups excluding carboxylic acids is 1. The van der Waals surface area contributed by atoms with Crippen molar-refractivity contribution in [3.05, 3.63) is 70.8 Å². The lowest BCUT2D eigenvalue weighted by Gasteiger charge is -2.11. The van der Waals surface area contributed by atoms with Gasteiger partial charge in [-0.15, -0.1) is 16.9 Å². The summed E-state index contributed by atoms with van der Waals surface area (Å²) >= 11 is 7.20.